The molecule has 0 atom stereocenters. The Bertz CT molecular complexity index is 799. The Hall–Kier alpha value is -2.32. The van der Waals surface area contributed by atoms with Gasteiger partial charge in [0.25, 0.3) is 0 Å². The van der Waals surface area contributed by atoms with Crippen LogP contribution in [0.5, 0.6) is 0 Å². The molecular weight excluding hydrogens is 391 g/mol. The summed E-state index contributed by atoms with van der Waals surface area (Å²) >= 11 is 0. The number of rotatable bonds is 7. The van der Waals surface area contributed by atoms with Crippen LogP contribution in [-0.2, 0) is 12.7 Å². The topological polar surface area (TPSA) is 25.9 Å². The summed E-state index contributed by atoms with van der Waals surface area (Å²) in [6, 6.07) is 9.60. The van der Waals surface area contributed by atoms with Gasteiger partial charge in [-0.05, 0) is 50.5 Å². The van der Waals surface area contributed by atoms with Gasteiger partial charge >= 0.3 is 6.18 Å². The van der Waals surface area contributed by atoms with Crippen LogP contribution >= 0.6 is 0 Å². The number of hydrogen-bond donors (Lipinski definition) is 0. The number of likely N-dealkylation sites (N-methyl/N-ethyl adjacent to an activating group) is 2. The quantitative estimate of drug-likeness (QED) is 0.683. The summed E-state index contributed by atoms with van der Waals surface area (Å²) in [5.74, 6) is 0. The summed E-state index contributed by atoms with van der Waals surface area (Å²) < 4.78 is 38.2. The minimum absolute atomic E-state index is 0.605. The molecule has 2 aromatic rings. The molecule has 0 radical (unpaired) electrons. The van der Waals surface area contributed by atoms with Gasteiger partial charge in [0.15, 0.2) is 0 Å². The number of aromatic nitrogens is 1. The van der Waals surface area contributed by atoms with E-state index < -0.39 is 11.7 Å². The summed E-state index contributed by atoms with van der Waals surface area (Å²) in [5.41, 5.74) is 2.43. The molecule has 3 rings (SSSR count). The van der Waals surface area contributed by atoms with Gasteiger partial charge in [-0.25, -0.2) is 0 Å². The second-order valence-corrected chi connectivity index (χ2v) is 8.04. The molecule has 1 saturated heterocycles. The molecule has 1 fully saturated rings. The van der Waals surface area contributed by atoms with Crippen LogP contribution in [0.1, 0.15) is 11.3 Å². The molecule has 0 amide bonds. The molecule has 0 aliphatic carbocycles. The third kappa shape index (κ3) is 6.09. The van der Waals surface area contributed by atoms with Crippen LogP contribution in [0, 0.1) is 0 Å². The number of hydrogen-bond acceptors (Lipinski definition) is 5. The molecule has 164 valence electrons. The molecule has 5 nitrogen and oxygen atoms in total. The number of anilines is 2. The maximum absolute atomic E-state index is 12.7. The average Bonchev–Trinajstić information content (AvgIpc) is 2.72. The van der Waals surface area contributed by atoms with Gasteiger partial charge in [0.2, 0.25) is 0 Å². The number of benzene rings is 1. The van der Waals surface area contributed by atoms with E-state index in [0.717, 1.165) is 75.0 Å². The fourth-order valence-corrected chi connectivity index (χ4v) is 3.52. The van der Waals surface area contributed by atoms with Gasteiger partial charge in [-0.3, -0.25) is 9.88 Å². The van der Waals surface area contributed by atoms with Gasteiger partial charge in [-0.2, -0.15) is 13.2 Å². The van der Waals surface area contributed by atoms with Crippen molar-refractivity contribution in [3.8, 4) is 0 Å². The third-order valence-corrected chi connectivity index (χ3v) is 5.44. The third-order valence-electron chi connectivity index (χ3n) is 5.44. The van der Waals surface area contributed by atoms with Crippen molar-refractivity contribution in [2.45, 2.75) is 12.7 Å². The maximum atomic E-state index is 12.7. The number of nitrogens with zero attached hydrogens (tertiary/aromatic N) is 5. The van der Waals surface area contributed by atoms with Crippen molar-refractivity contribution in [2.24, 2.45) is 0 Å². The van der Waals surface area contributed by atoms with Crippen LogP contribution in [0.3, 0.4) is 0 Å². The Morgan fingerprint density at radius 2 is 1.60 bits per heavy atom. The SMILES string of the molecule is CN(C)CCN(C)c1ccnc(CN2CCN(c3ccc(C(F)(F)F)cc3)CC2)c1. The zero-order valence-electron chi connectivity index (χ0n) is 17.9. The van der Waals surface area contributed by atoms with E-state index >= 15 is 0 Å². The maximum Gasteiger partial charge on any atom is 0.416 e. The molecular formula is C22H30F3N5. The van der Waals surface area contributed by atoms with Crippen LogP contribution < -0.4 is 9.80 Å². The minimum atomic E-state index is -4.29. The molecule has 0 N–H and O–H groups in total. The summed E-state index contributed by atoms with van der Waals surface area (Å²) in [7, 11) is 6.22. The fourth-order valence-electron chi connectivity index (χ4n) is 3.52. The molecule has 8 heteroatoms. The van der Waals surface area contributed by atoms with Gasteiger partial charge in [-0.15, -0.1) is 0 Å². The van der Waals surface area contributed by atoms with Gasteiger partial charge in [0.1, 0.15) is 0 Å². The van der Waals surface area contributed by atoms with Gasteiger partial charge in [0, 0.05) is 70.4 Å². The lowest BCUT2D eigenvalue weighted by Crippen LogP contribution is -2.46. The molecule has 0 unspecified atom stereocenters. The van der Waals surface area contributed by atoms with Crippen LogP contribution in [0.4, 0.5) is 24.5 Å². The lowest BCUT2D eigenvalue weighted by Gasteiger charge is -2.36. The van der Waals surface area contributed by atoms with E-state index in [4.69, 9.17) is 0 Å². The molecule has 1 aromatic heterocycles. The largest absolute Gasteiger partial charge is 0.416 e. The highest BCUT2D eigenvalue weighted by Crippen LogP contribution is 2.30. The zero-order chi connectivity index (χ0) is 21.7. The second-order valence-electron chi connectivity index (χ2n) is 8.04. The van der Waals surface area contributed by atoms with Crippen LogP contribution in [0.15, 0.2) is 42.6 Å². The monoisotopic (exact) mass is 421 g/mol. The Morgan fingerprint density at radius 1 is 0.933 bits per heavy atom. The van der Waals surface area contributed by atoms with Crippen molar-refractivity contribution in [1.29, 1.82) is 0 Å². The molecule has 1 aliphatic rings. The predicted molar refractivity (Wildman–Crippen MR) is 115 cm³/mol. The normalized spacial score (nSPS) is 15.6. The van der Waals surface area contributed by atoms with Crippen molar-refractivity contribution in [3.05, 3.63) is 53.9 Å². The van der Waals surface area contributed by atoms with Crippen LogP contribution in [0.2, 0.25) is 0 Å². The summed E-state index contributed by atoms with van der Waals surface area (Å²) in [4.78, 5) is 13.4. The second kappa shape index (κ2) is 9.66. The molecule has 1 aliphatic heterocycles. The van der Waals surface area contributed by atoms with Crippen molar-refractivity contribution >= 4 is 11.4 Å². The van der Waals surface area contributed by atoms with Gasteiger partial charge in [-0.1, -0.05) is 0 Å². The minimum Gasteiger partial charge on any atom is -0.373 e. The first-order valence-electron chi connectivity index (χ1n) is 10.2. The van der Waals surface area contributed by atoms with Gasteiger partial charge in [0.05, 0.1) is 11.3 Å². The van der Waals surface area contributed by atoms with E-state index in [1.807, 2.05) is 12.3 Å². The highest BCUT2D eigenvalue weighted by atomic mass is 19.4. The predicted octanol–water partition coefficient (Wildman–Crippen LogP) is 3.42. The molecule has 0 spiro atoms. The number of halogens is 3. The lowest BCUT2D eigenvalue weighted by molar-refractivity contribution is -0.137. The van der Waals surface area contributed by atoms with Crippen LogP contribution in [-0.4, -0.2) is 75.2 Å². The Kier molecular flexibility index (Phi) is 7.20. The number of piperazine rings is 1. The first-order valence-corrected chi connectivity index (χ1v) is 10.2. The van der Waals surface area contributed by atoms with E-state index in [2.05, 4.69) is 51.8 Å². The molecule has 2 heterocycles. The molecule has 30 heavy (non-hydrogen) atoms. The summed E-state index contributed by atoms with van der Waals surface area (Å²) in [6.07, 6.45) is -2.44. The van der Waals surface area contributed by atoms with Crippen LogP contribution in [0.25, 0.3) is 0 Å². The standard InChI is InChI=1S/C22H30F3N5/c1-27(2)10-11-28(3)21-8-9-26-19(16-21)17-29-12-14-30(15-13-29)20-6-4-18(5-7-20)22(23,24)25/h4-9,16H,10-15,17H2,1-3H3. The van der Waals surface area contributed by atoms with E-state index in [9.17, 15) is 13.2 Å². The average molecular weight is 422 g/mol. The Morgan fingerprint density at radius 3 is 2.20 bits per heavy atom. The number of alkyl halides is 3. The lowest BCUT2D eigenvalue weighted by atomic mass is 10.1. The van der Waals surface area contributed by atoms with E-state index in [-0.39, 0.29) is 0 Å². The molecule has 0 bridgehead atoms. The Labute approximate surface area is 176 Å². The van der Waals surface area contributed by atoms with Crippen molar-refractivity contribution < 1.29 is 13.2 Å². The van der Waals surface area contributed by atoms with E-state index in [1.165, 1.54) is 0 Å². The van der Waals surface area contributed by atoms with E-state index in [1.54, 1.807) is 12.1 Å². The van der Waals surface area contributed by atoms with E-state index in [0.29, 0.717) is 0 Å². The molecule has 1 aromatic carbocycles. The highest BCUT2D eigenvalue weighted by molar-refractivity contribution is 5.49. The zero-order valence-corrected chi connectivity index (χ0v) is 17.9. The smallest absolute Gasteiger partial charge is 0.373 e. The first-order chi connectivity index (χ1) is 14.2. The van der Waals surface area contributed by atoms with Crippen molar-refractivity contribution in [3.63, 3.8) is 0 Å². The number of pyridine rings is 1. The fraction of sp³-hybridized carbons (Fsp3) is 0.500. The Balaban J connectivity index is 1.53. The molecule has 0 saturated carbocycles. The van der Waals surface area contributed by atoms with Crippen molar-refractivity contribution in [1.82, 2.24) is 14.8 Å². The summed E-state index contributed by atoms with van der Waals surface area (Å²) in [5, 5.41) is 0. The van der Waals surface area contributed by atoms with Gasteiger partial charge < -0.3 is 14.7 Å². The van der Waals surface area contributed by atoms with Crippen molar-refractivity contribution in [2.75, 3.05) is 70.2 Å². The first kappa shape index (κ1) is 22.4. The highest BCUT2D eigenvalue weighted by Gasteiger charge is 2.30. The summed E-state index contributed by atoms with van der Waals surface area (Å²) in [6.45, 7) is 5.98.